The fraction of sp³-hybridized carbons (Fsp3) is 0.895. The van der Waals surface area contributed by atoms with Gasteiger partial charge in [0.15, 0.2) is 0 Å². The van der Waals surface area contributed by atoms with E-state index >= 15 is 0 Å². The Morgan fingerprint density at radius 2 is 1.00 bits per heavy atom. The van der Waals surface area contributed by atoms with Gasteiger partial charge in [0, 0.05) is 0 Å². The quantitative estimate of drug-likeness (QED) is 0.329. The normalized spacial score (nSPS) is 11.8. The largest absolute Gasteiger partial charge is 1.00 e. The van der Waals surface area contributed by atoms with Gasteiger partial charge in [0.2, 0.25) is 0 Å². The summed E-state index contributed by atoms with van der Waals surface area (Å²) in [4.78, 5) is 0. The molecule has 0 saturated carbocycles. The molecule has 0 fully saturated rings. The van der Waals surface area contributed by atoms with Crippen molar-refractivity contribution in [3.63, 3.8) is 0 Å². The van der Waals surface area contributed by atoms with Crippen molar-refractivity contribution in [1.82, 2.24) is 0 Å². The van der Waals surface area contributed by atoms with Crippen LogP contribution in [0.25, 0.3) is 0 Å². The van der Waals surface area contributed by atoms with Gasteiger partial charge in [-0.2, -0.15) is 0 Å². The number of unbranched alkanes of at least 4 members (excludes halogenated alkanes) is 12. The second-order valence-corrected chi connectivity index (χ2v) is 7.18. The Labute approximate surface area is 145 Å². The van der Waals surface area contributed by atoms with E-state index in [1.54, 1.807) is 0 Å². The fourth-order valence-corrected chi connectivity index (χ4v) is 2.49. The van der Waals surface area contributed by atoms with E-state index in [4.69, 9.17) is 0 Å². The molecule has 1 nitrogen and oxygen atoms in total. The summed E-state index contributed by atoms with van der Waals surface area (Å²) < 4.78 is 0.943. The van der Waals surface area contributed by atoms with Gasteiger partial charge >= 0.3 is 0 Å². The lowest BCUT2D eigenvalue weighted by Gasteiger charge is -2.17. The molecular formula is C19H40BrN. The summed E-state index contributed by atoms with van der Waals surface area (Å²) in [5.74, 6) is 0. The van der Waals surface area contributed by atoms with E-state index in [2.05, 4.69) is 40.3 Å². The van der Waals surface area contributed by atoms with Gasteiger partial charge < -0.3 is 21.5 Å². The zero-order valence-corrected chi connectivity index (χ0v) is 16.8. The maximum atomic E-state index is 2.34. The molecule has 0 aliphatic carbocycles. The van der Waals surface area contributed by atoms with Crippen molar-refractivity contribution in [1.29, 1.82) is 0 Å². The highest BCUT2D eigenvalue weighted by atomic mass is 79.9. The van der Waals surface area contributed by atoms with Crippen molar-refractivity contribution in [3.8, 4) is 0 Å². The van der Waals surface area contributed by atoms with Crippen molar-refractivity contribution < 1.29 is 21.5 Å². The SMILES string of the molecule is CCCCCCCCCCCCCCC=C[N+](C)(C)C.[Br-]. The summed E-state index contributed by atoms with van der Waals surface area (Å²) in [5, 5.41) is 0. The number of allylic oxidation sites excluding steroid dienone is 1. The molecule has 0 rings (SSSR count). The third kappa shape index (κ3) is 22.6. The Bertz CT molecular complexity index is 218. The molecule has 0 amide bonds. The molecule has 0 spiro atoms. The maximum absolute atomic E-state index is 2.34. The first kappa shape index (κ1) is 23.4. The molecule has 0 saturated heterocycles. The van der Waals surface area contributed by atoms with Crippen molar-refractivity contribution in [2.75, 3.05) is 21.1 Å². The van der Waals surface area contributed by atoms with Gasteiger partial charge in [-0.25, -0.2) is 0 Å². The Morgan fingerprint density at radius 3 is 1.38 bits per heavy atom. The molecule has 0 atom stereocenters. The molecule has 128 valence electrons. The predicted octanol–water partition coefficient (Wildman–Crippen LogP) is 3.30. The van der Waals surface area contributed by atoms with Crippen LogP contribution in [0, 0.1) is 0 Å². The summed E-state index contributed by atoms with van der Waals surface area (Å²) in [5.41, 5.74) is 0. The van der Waals surface area contributed by atoms with Gasteiger partial charge in [0.1, 0.15) is 0 Å². The lowest BCUT2D eigenvalue weighted by atomic mass is 10.0. The second kappa shape index (κ2) is 16.5. The molecule has 21 heavy (non-hydrogen) atoms. The number of rotatable bonds is 14. The Balaban J connectivity index is 0. The van der Waals surface area contributed by atoms with Crippen LogP contribution in [0.2, 0.25) is 0 Å². The first-order valence-corrected chi connectivity index (χ1v) is 9.05. The van der Waals surface area contributed by atoms with Crippen LogP contribution in [-0.4, -0.2) is 25.6 Å². The van der Waals surface area contributed by atoms with E-state index in [0.29, 0.717) is 0 Å². The number of quaternary nitrogens is 1. The summed E-state index contributed by atoms with van der Waals surface area (Å²) in [7, 11) is 6.62. The van der Waals surface area contributed by atoms with Crippen LogP contribution in [-0.2, 0) is 0 Å². The van der Waals surface area contributed by atoms with Gasteiger partial charge in [0.25, 0.3) is 0 Å². The summed E-state index contributed by atoms with van der Waals surface area (Å²) >= 11 is 0. The molecule has 0 unspecified atom stereocenters. The predicted molar refractivity (Wildman–Crippen MR) is 92.9 cm³/mol. The summed E-state index contributed by atoms with van der Waals surface area (Å²) in [6, 6.07) is 0. The molecule has 0 heterocycles. The van der Waals surface area contributed by atoms with Crippen molar-refractivity contribution in [2.24, 2.45) is 0 Å². The van der Waals surface area contributed by atoms with E-state index in [9.17, 15) is 0 Å². The Kier molecular flexibility index (Phi) is 18.5. The minimum Gasteiger partial charge on any atom is -1.00 e. The average molecular weight is 362 g/mol. The Hall–Kier alpha value is 0.180. The van der Waals surface area contributed by atoms with Crippen LogP contribution in [0.4, 0.5) is 0 Å². The third-order valence-corrected chi connectivity index (χ3v) is 3.78. The Morgan fingerprint density at radius 1 is 0.619 bits per heavy atom. The maximum Gasteiger partial charge on any atom is 0.0911 e. The molecule has 0 aromatic heterocycles. The van der Waals surface area contributed by atoms with Crippen LogP contribution in [0.3, 0.4) is 0 Å². The molecule has 0 aromatic carbocycles. The minimum absolute atomic E-state index is 0. The highest BCUT2D eigenvalue weighted by molar-refractivity contribution is 4.72. The number of hydrogen-bond donors (Lipinski definition) is 0. The molecule has 2 heteroatoms. The van der Waals surface area contributed by atoms with Crippen molar-refractivity contribution in [2.45, 2.75) is 90.4 Å². The molecule has 0 aliphatic rings. The van der Waals surface area contributed by atoms with Crippen LogP contribution in [0.5, 0.6) is 0 Å². The summed E-state index contributed by atoms with van der Waals surface area (Å²) in [6.45, 7) is 2.29. The fourth-order valence-electron chi connectivity index (χ4n) is 2.49. The first-order chi connectivity index (χ1) is 9.56. The van der Waals surface area contributed by atoms with E-state index in [1.807, 2.05) is 0 Å². The summed E-state index contributed by atoms with van der Waals surface area (Å²) in [6.07, 6.45) is 23.1. The topological polar surface area (TPSA) is 0 Å². The smallest absolute Gasteiger partial charge is 0.0911 e. The van der Waals surface area contributed by atoms with E-state index in [-0.39, 0.29) is 17.0 Å². The lowest BCUT2D eigenvalue weighted by Crippen LogP contribution is -3.00. The van der Waals surface area contributed by atoms with Crippen molar-refractivity contribution in [3.05, 3.63) is 12.3 Å². The molecular weight excluding hydrogens is 322 g/mol. The van der Waals surface area contributed by atoms with Crippen LogP contribution in [0.15, 0.2) is 12.3 Å². The molecule has 0 aromatic rings. The first-order valence-electron chi connectivity index (χ1n) is 9.05. The van der Waals surface area contributed by atoms with E-state index in [0.717, 1.165) is 4.48 Å². The molecule has 0 N–H and O–H groups in total. The van der Waals surface area contributed by atoms with Gasteiger partial charge in [0.05, 0.1) is 27.3 Å². The van der Waals surface area contributed by atoms with Gasteiger partial charge in [-0.05, 0) is 18.9 Å². The zero-order valence-electron chi connectivity index (χ0n) is 15.2. The van der Waals surface area contributed by atoms with Gasteiger partial charge in [-0.3, -0.25) is 0 Å². The van der Waals surface area contributed by atoms with Gasteiger partial charge in [-0.1, -0.05) is 77.6 Å². The van der Waals surface area contributed by atoms with Gasteiger partial charge in [-0.15, -0.1) is 0 Å². The third-order valence-electron chi connectivity index (χ3n) is 3.78. The number of hydrogen-bond acceptors (Lipinski definition) is 0. The highest BCUT2D eigenvalue weighted by Gasteiger charge is 1.98. The lowest BCUT2D eigenvalue weighted by molar-refractivity contribution is -0.817. The number of halogens is 1. The molecule has 0 bridgehead atoms. The van der Waals surface area contributed by atoms with Crippen LogP contribution in [0.1, 0.15) is 90.4 Å². The number of nitrogens with zero attached hydrogens (tertiary/aromatic N) is 1. The zero-order chi connectivity index (χ0) is 15.1. The molecule has 0 radical (unpaired) electrons. The monoisotopic (exact) mass is 361 g/mol. The van der Waals surface area contributed by atoms with E-state index < -0.39 is 0 Å². The minimum atomic E-state index is 0. The van der Waals surface area contributed by atoms with Crippen LogP contribution < -0.4 is 17.0 Å². The highest BCUT2D eigenvalue weighted by Crippen LogP contribution is 2.12. The van der Waals surface area contributed by atoms with Crippen LogP contribution >= 0.6 is 0 Å². The second-order valence-electron chi connectivity index (χ2n) is 7.18. The average Bonchev–Trinajstić information content (AvgIpc) is 2.38. The standard InChI is InChI=1S/C19H40N.BrH/c1-5-6-7-8-9-10-11-12-13-14-15-16-17-18-19-20(2,3)4;/h18-19H,5-17H2,1-4H3;1H/q+1;/p-1. The van der Waals surface area contributed by atoms with Crippen molar-refractivity contribution >= 4 is 0 Å². The van der Waals surface area contributed by atoms with E-state index in [1.165, 1.54) is 83.5 Å². The molecule has 0 aliphatic heterocycles.